The summed E-state index contributed by atoms with van der Waals surface area (Å²) in [6.45, 7) is -0.526. The molecule has 9 heteroatoms. The highest BCUT2D eigenvalue weighted by molar-refractivity contribution is 5.93. The lowest BCUT2D eigenvalue weighted by molar-refractivity contribution is -0.138. The van der Waals surface area contributed by atoms with Crippen molar-refractivity contribution in [3.05, 3.63) is 28.6 Å². The minimum Gasteiger partial charge on any atom is -0.465 e. The van der Waals surface area contributed by atoms with Crippen LogP contribution in [0.1, 0.15) is 33.6 Å². The van der Waals surface area contributed by atoms with Gasteiger partial charge in [0.1, 0.15) is 0 Å². The third-order valence-corrected chi connectivity index (χ3v) is 2.31. The third-order valence-electron chi connectivity index (χ3n) is 2.31. The Morgan fingerprint density at radius 2 is 2.05 bits per heavy atom. The number of ether oxygens (including phenoxy) is 1. The van der Waals surface area contributed by atoms with Gasteiger partial charge in [0, 0.05) is 12.7 Å². The molecule has 106 valence electrons. The number of rotatable bonds is 3. The zero-order valence-corrected chi connectivity index (χ0v) is 9.59. The van der Waals surface area contributed by atoms with E-state index in [0.717, 1.165) is 7.11 Å². The summed E-state index contributed by atoms with van der Waals surface area (Å²) in [6, 6.07) is 0. The normalized spacial score (nSPS) is 11.8. The van der Waals surface area contributed by atoms with E-state index >= 15 is 0 Å². The van der Waals surface area contributed by atoms with Crippen molar-refractivity contribution in [2.75, 3.05) is 7.11 Å². The van der Waals surface area contributed by atoms with Crippen LogP contribution >= 0.6 is 0 Å². The number of aromatic nitrogens is 1. The highest BCUT2D eigenvalue weighted by Crippen LogP contribution is 2.37. The number of hydrogen-bond acceptors (Lipinski definition) is 4. The van der Waals surface area contributed by atoms with Gasteiger partial charge in [0.25, 0.3) is 6.43 Å². The Kier molecular flexibility index (Phi) is 4.40. The number of carbonyl (C=O) groups excluding carboxylic acids is 1. The van der Waals surface area contributed by atoms with E-state index < -0.39 is 47.5 Å². The zero-order chi connectivity index (χ0) is 14.8. The van der Waals surface area contributed by atoms with Gasteiger partial charge >= 0.3 is 12.1 Å². The molecule has 0 amide bonds. The predicted octanol–water partition coefficient (Wildman–Crippen LogP) is 2.28. The van der Waals surface area contributed by atoms with Crippen molar-refractivity contribution in [3.63, 3.8) is 0 Å². The number of alkyl halides is 5. The Morgan fingerprint density at radius 3 is 2.42 bits per heavy atom. The van der Waals surface area contributed by atoms with Crippen molar-refractivity contribution in [2.45, 2.75) is 19.1 Å². The average molecular weight is 284 g/mol. The van der Waals surface area contributed by atoms with Crippen LogP contribution in [0.5, 0.6) is 0 Å². The van der Waals surface area contributed by atoms with Crippen LogP contribution in [0.25, 0.3) is 0 Å². The van der Waals surface area contributed by atoms with E-state index in [1.54, 1.807) is 0 Å². The second kappa shape index (κ2) is 5.47. The molecular formula is C10H9F5N2O2. The Balaban J connectivity index is 3.69. The molecule has 0 saturated carbocycles. The molecule has 19 heavy (non-hydrogen) atoms. The maximum absolute atomic E-state index is 12.9. The highest BCUT2D eigenvalue weighted by Gasteiger charge is 2.40. The van der Waals surface area contributed by atoms with Crippen LogP contribution in [0.15, 0.2) is 6.20 Å². The van der Waals surface area contributed by atoms with Gasteiger partial charge in [0.2, 0.25) is 0 Å². The number of nitrogens with zero attached hydrogens (tertiary/aromatic N) is 1. The van der Waals surface area contributed by atoms with Crippen LogP contribution in [0, 0.1) is 0 Å². The largest absolute Gasteiger partial charge is 0.465 e. The number of carbonyl (C=O) groups is 1. The second-order valence-corrected chi connectivity index (χ2v) is 3.40. The first-order valence-electron chi connectivity index (χ1n) is 4.89. The monoisotopic (exact) mass is 284 g/mol. The smallest absolute Gasteiger partial charge is 0.418 e. The molecule has 0 atom stereocenters. The Labute approximate surface area is 104 Å². The van der Waals surface area contributed by atoms with Gasteiger partial charge in [-0.2, -0.15) is 13.2 Å². The molecule has 1 heterocycles. The zero-order valence-electron chi connectivity index (χ0n) is 9.59. The number of hydrogen-bond donors (Lipinski definition) is 1. The van der Waals surface area contributed by atoms with Gasteiger partial charge in [-0.05, 0) is 0 Å². The van der Waals surface area contributed by atoms with Crippen molar-refractivity contribution in [1.82, 2.24) is 4.98 Å². The second-order valence-electron chi connectivity index (χ2n) is 3.40. The van der Waals surface area contributed by atoms with Gasteiger partial charge in [-0.3, -0.25) is 4.98 Å². The molecule has 0 spiro atoms. The SMILES string of the molecule is COC(=O)c1c(C(F)(F)F)cnc(CN)c1C(F)F. The quantitative estimate of drug-likeness (QED) is 0.683. The summed E-state index contributed by atoms with van der Waals surface area (Å²) < 4.78 is 68.0. The summed E-state index contributed by atoms with van der Waals surface area (Å²) >= 11 is 0. The molecule has 0 fully saturated rings. The van der Waals surface area contributed by atoms with Gasteiger partial charge in [-0.1, -0.05) is 0 Å². The topological polar surface area (TPSA) is 65.2 Å². The van der Waals surface area contributed by atoms with E-state index in [-0.39, 0.29) is 0 Å². The Bertz CT molecular complexity index is 488. The number of esters is 1. The first-order chi connectivity index (χ1) is 8.73. The predicted molar refractivity (Wildman–Crippen MR) is 53.4 cm³/mol. The van der Waals surface area contributed by atoms with Crippen molar-refractivity contribution >= 4 is 5.97 Å². The van der Waals surface area contributed by atoms with Gasteiger partial charge < -0.3 is 10.5 Å². The van der Waals surface area contributed by atoms with Crippen molar-refractivity contribution in [1.29, 1.82) is 0 Å². The minimum absolute atomic E-state index is 0.292. The molecule has 4 nitrogen and oxygen atoms in total. The molecule has 0 radical (unpaired) electrons. The molecule has 0 unspecified atom stereocenters. The van der Waals surface area contributed by atoms with E-state index in [9.17, 15) is 26.7 Å². The fourth-order valence-electron chi connectivity index (χ4n) is 1.50. The molecule has 1 aromatic heterocycles. The van der Waals surface area contributed by atoms with Crippen molar-refractivity contribution < 1.29 is 31.5 Å². The number of nitrogens with two attached hydrogens (primary N) is 1. The standard InChI is InChI=1S/C10H9F5N2O2/c1-19-9(18)6-4(10(13,14)15)3-17-5(2-16)7(6)8(11)12/h3,8H,2,16H2,1H3. The summed E-state index contributed by atoms with van der Waals surface area (Å²) in [5.74, 6) is -1.51. The van der Waals surface area contributed by atoms with E-state index in [2.05, 4.69) is 9.72 Å². The van der Waals surface area contributed by atoms with Crippen molar-refractivity contribution in [2.24, 2.45) is 5.73 Å². The van der Waals surface area contributed by atoms with Crippen LogP contribution in [-0.2, 0) is 17.5 Å². The summed E-state index contributed by atoms with van der Waals surface area (Å²) in [4.78, 5) is 14.6. The first kappa shape index (κ1) is 15.3. The van der Waals surface area contributed by atoms with Gasteiger partial charge in [0.05, 0.1) is 29.5 Å². The molecule has 0 aromatic carbocycles. The molecule has 0 aliphatic rings. The Hall–Kier alpha value is -1.77. The third kappa shape index (κ3) is 2.98. The van der Waals surface area contributed by atoms with Gasteiger partial charge in [0.15, 0.2) is 0 Å². The van der Waals surface area contributed by atoms with E-state index in [1.807, 2.05) is 0 Å². The fraction of sp³-hybridized carbons (Fsp3) is 0.400. The van der Waals surface area contributed by atoms with Crippen LogP contribution in [0.4, 0.5) is 22.0 Å². The van der Waals surface area contributed by atoms with E-state index in [4.69, 9.17) is 5.73 Å². The maximum Gasteiger partial charge on any atom is 0.418 e. The van der Waals surface area contributed by atoms with Crippen LogP contribution in [-0.4, -0.2) is 18.1 Å². The summed E-state index contributed by atoms with van der Waals surface area (Å²) in [5.41, 5.74) is 0.670. The average Bonchev–Trinajstić information content (AvgIpc) is 2.34. The van der Waals surface area contributed by atoms with Gasteiger partial charge in [-0.15, -0.1) is 0 Å². The lowest BCUT2D eigenvalue weighted by Crippen LogP contribution is -2.20. The molecular weight excluding hydrogens is 275 g/mol. The molecule has 1 rings (SSSR count). The minimum atomic E-state index is -5.01. The molecule has 2 N–H and O–H groups in total. The fourth-order valence-corrected chi connectivity index (χ4v) is 1.50. The van der Waals surface area contributed by atoms with Gasteiger partial charge in [-0.25, -0.2) is 13.6 Å². The maximum atomic E-state index is 12.9. The van der Waals surface area contributed by atoms with E-state index in [1.165, 1.54) is 0 Å². The molecule has 0 aliphatic carbocycles. The summed E-state index contributed by atoms with van der Waals surface area (Å²) in [6.07, 6.45) is -8.05. The van der Waals surface area contributed by atoms with E-state index in [0.29, 0.717) is 6.20 Å². The van der Waals surface area contributed by atoms with Crippen LogP contribution in [0.2, 0.25) is 0 Å². The first-order valence-corrected chi connectivity index (χ1v) is 4.89. The Morgan fingerprint density at radius 1 is 1.47 bits per heavy atom. The molecule has 0 aliphatic heterocycles. The highest BCUT2D eigenvalue weighted by atomic mass is 19.4. The molecule has 0 saturated heterocycles. The summed E-state index contributed by atoms with van der Waals surface area (Å²) in [7, 11) is 0.792. The molecule has 0 bridgehead atoms. The number of halogens is 5. The lowest BCUT2D eigenvalue weighted by atomic mass is 10.0. The number of methoxy groups -OCH3 is 1. The van der Waals surface area contributed by atoms with Crippen molar-refractivity contribution in [3.8, 4) is 0 Å². The number of pyridine rings is 1. The van der Waals surface area contributed by atoms with Crippen LogP contribution in [0.3, 0.4) is 0 Å². The lowest BCUT2D eigenvalue weighted by Gasteiger charge is -2.16. The summed E-state index contributed by atoms with van der Waals surface area (Å²) in [5, 5.41) is 0. The molecule has 1 aromatic rings. The van der Waals surface area contributed by atoms with Crippen LogP contribution < -0.4 is 5.73 Å².